The van der Waals surface area contributed by atoms with Crippen molar-refractivity contribution < 1.29 is 53.4 Å². The van der Waals surface area contributed by atoms with Crippen LogP contribution in [0.5, 0.6) is 0 Å². The number of rotatable bonds is 22. The van der Waals surface area contributed by atoms with Crippen molar-refractivity contribution >= 4 is 22.5 Å². The van der Waals surface area contributed by atoms with Crippen molar-refractivity contribution in [2.24, 2.45) is 5.92 Å². The lowest BCUT2D eigenvalue weighted by atomic mass is 9.92. The molecule has 3 aromatic carbocycles. The van der Waals surface area contributed by atoms with Crippen molar-refractivity contribution in [3.63, 3.8) is 0 Å². The molecule has 1 aliphatic heterocycles. The number of aliphatic hydroxyl groups excluding tert-OH is 5. The van der Waals surface area contributed by atoms with Crippen LogP contribution in [0.15, 0.2) is 60.7 Å². The number of halogens is 2. The number of amides is 1. The quantitative estimate of drug-likeness (QED) is 0.0803. The lowest BCUT2D eigenvalue weighted by Crippen LogP contribution is -2.61. The Morgan fingerprint density at radius 1 is 0.792 bits per heavy atom. The Bertz CT molecular complexity index is 1590. The van der Waals surface area contributed by atoms with Gasteiger partial charge >= 0.3 is 0 Å². The fourth-order valence-corrected chi connectivity index (χ4v) is 6.73. The number of nitrogens with one attached hydrogen (secondary N) is 1. The van der Waals surface area contributed by atoms with Crippen LogP contribution in [0, 0.1) is 17.6 Å². The van der Waals surface area contributed by atoms with E-state index in [-0.39, 0.29) is 37.7 Å². The molecule has 1 heterocycles. The van der Waals surface area contributed by atoms with Crippen molar-refractivity contribution in [2.75, 3.05) is 13.2 Å². The number of benzene rings is 3. The van der Waals surface area contributed by atoms with Gasteiger partial charge in [0, 0.05) is 25.3 Å². The molecule has 1 aliphatic rings. The molecule has 5 unspecified atom stereocenters. The standard InChI is InChI=1S/C41H55F2NO9/c1-26(45)37(48)31(23-32(46)15-9-7-5-3-2-4-6-8-12-27-17-19-33(42)34(43)21-27)25-52-41-40(51)39(50)38(49)35(53-41)24-44-36(47)22-28-16-18-29-13-10-11-14-30(29)20-28/h10-11,13-14,16-21,26,31,35,37-41,45,48-51H,2-9,12,15,22-25H2,1H3,(H,44,47)/t26-,31+,35?,37-,38?,39?,40?,41?/m1/s1. The third-order valence-corrected chi connectivity index (χ3v) is 9.94. The van der Waals surface area contributed by atoms with Crippen LogP contribution >= 0.6 is 0 Å². The normalized spacial score (nSPS) is 22.0. The third kappa shape index (κ3) is 13.5. The number of unbranched alkanes of at least 4 members (excludes halogenated alkanes) is 7. The Kier molecular flexibility index (Phi) is 17.2. The molecule has 0 aliphatic carbocycles. The molecule has 53 heavy (non-hydrogen) atoms. The van der Waals surface area contributed by atoms with Crippen LogP contribution < -0.4 is 5.32 Å². The lowest BCUT2D eigenvalue weighted by Gasteiger charge is -2.41. The van der Waals surface area contributed by atoms with Crippen LogP contribution in [0.1, 0.15) is 82.3 Å². The van der Waals surface area contributed by atoms with Crippen LogP contribution in [0.25, 0.3) is 10.8 Å². The Balaban J connectivity index is 1.15. The van der Waals surface area contributed by atoms with E-state index in [4.69, 9.17) is 9.47 Å². The van der Waals surface area contributed by atoms with Crippen LogP contribution in [0.3, 0.4) is 0 Å². The van der Waals surface area contributed by atoms with Gasteiger partial charge in [-0.15, -0.1) is 0 Å². The summed E-state index contributed by atoms with van der Waals surface area (Å²) in [5.74, 6) is -2.92. The van der Waals surface area contributed by atoms with Crippen molar-refractivity contribution in [1.29, 1.82) is 0 Å². The summed E-state index contributed by atoms with van der Waals surface area (Å²) >= 11 is 0. The average Bonchev–Trinajstić information content (AvgIpc) is 3.14. The molecule has 10 nitrogen and oxygen atoms in total. The molecule has 6 N–H and O–H groups in total. The van der Waals surface area contributed by atoms with Crippen LogP contribution in [0.2, 0.25) is 0 Å². The van der Waals surface area contributed by atoms with Gasteiger partial charge in [0.2, 0.25) is 5.91 Å². The zero-order valence-electron chi connectivity index (χ0n) is 30.4. The summed E-state index contributed by atoms with van der Waals surface area (Å²) in [5.41, 5.74) is 1.59. The molecule has 0 spiro atoms. The smallest absolute Gasteiger partial charge is 0.224 e. The first-order chi connectivity index (χ1) is 25.4. The number of carbonyl (C=O) groups is 2. The van der Waals surface area contributed by atoms with Gasteiger partial charge in [0.25, 0.3) is 0 Å². The first kappa shape index (κ1) is 42.4. The van der Waals surface area contributed by atoms with Crippen LogP contribution in [0.4, 0.5) is 8.78 Å². The number of ether oxygens (including phenoxy) is 2. The van der Waals surface area contributed by atoms with Gasteiger partial charge in [0.05, 0.1) is 25.2 Å². The second-order valence-corrected chi connectivity index (χ2v) is 14.3. The number of hydrogen-bond donors (Lipinski definition) is 6. The summed E-state index contributed by atoms with van der Waals surface area (Å²) in [7, 11) is 0. The van der Waals surface area contributed by atoms with Gasteiger partial charge in [0.1, 0.15) is 30.2 Å². The summed E-state index contributed by atoms with van der Waals surface area (Å²) in [4.78, 5) is 25.6. The third-order valence-electron chi connectivity index (χ3n) is 9.94. The van der Waals surface area contributed by atoms with E-state index in [1.54, 1.807) is 6.07 Å². The average molecular weight is 744 g/mol. The summed E-state index contributed by atoms with van der Waals surface area (Å²) in [6.45, 7) is 0.947. The molecule has 1 fully saturated rings. The molecule has 1 saturated heterocycles. The predicted octanol–water partition coefficient (Wildman–Crippen LogP) is 4.67. The highest BCUT2D eigenvalue weighted by Crippen LogP contribution is 2.25. The monoisotopic (exact) mass is 743 g/mol. The number of aryl methyl sites for hydroxylation is 1. The lowest BCUT2D eigenvalue weighted by molar-refractivity contribution is -0.299. The van der Waals surface area contributed by atoms with Gasteiger partial charge in [-0.2, -0.15) is 0 Å². The minimum atomic E-state index is -1.65. The Morgan fingerprint density at radius 2 is 1.45 bits per heavy atom. The maximum atomic E-state index is 13.3. The number of fused-ring (bicyclic) bond motifs is 1. The number of hydrogen-bond acceptors (Lipinski definition) is 9. The molecular weight excluding hydrogens is 688 g/mol. The summed E-state index contributed by atoms with van der Waals surface area (Å²) in [6, 6.07) is 17.5. The van der Waals surface area contributed by atoms with Gasteiger partial charge in [-0.25, -0.2) is 8.78 Å². The van der Waals surface area contributed by atoms with Gasteiger partial charge in [-0.05, 0) is 60.2 Å². The van der Waals surface area contributed by atoms with E-state index in [9.17, 15) is 43.9 Å². The second-order valence-electron chi connectivity index (χ2n) is 14.3. The molecule has 0 aromatic heterocycles. The van der Waals surface area contributed by atoms with Crippen molar-refractivity contribution in [3.8, 4) is 0 Å². The highest BCUT2D eigenvalue weighted by molar-refractivity contribution is 5.85. The zero-order valence-corrected chi connectivity index (χ0v) is 30.4. The molecule has 0 bridgehead atoms. The molecule has 8 atom stereocenters. The molecule has 0 radical (unpaired) electrons. The molecule has 292 valence electrons. The Labute approximate surface area is 310 Å². The van der Waals surface area contributed by atoms with E-state index in [1.165, 1.54) is 13.0 Å². The van der Waals surface area contributed by atoms with E-state index in [0.717, 1.165) is 72.9 Å². The topological polar surface area (TPSA) is 166 Å². The summed E-state index contributed by atoms with van der Waals surface area (Å²) < 4.78 is 37.9. The minimum Gasteiger partial charge on any atom is -0.391 e. The van der Waals surface area contributed by atoms with E-state index in [1.807, 2.05) is 42.5 Å². The molecular formula is C41H55F2NO9. The number of aliphatic hydroxyl groups is 5. The second kappa shape index (κ2) is 21.5. The number of Topliss-reactive ketones (excluding diaryl/α,β-unsaturated/α-hetero) is 1. The fourth-order valence-electron chi connectivity index (χ4n) is 6.73. The molecule has 4 rings (SSSR count). The number of carbonyl (C=O) groups excluding carboxylic acids is 2. The molecule has 12 heteroatoms. The first-order valence-electron chi connectivity index (χ1n) is 18.8. The summed E-state index contributed by atoms with van der Waals surface area (Å²) in [5, 5.41) is 57.2. The van der Waals surface area contributed by atoms with Crippen molar-refractivity contribution in [3.05, 3.63) is 83.4 Å². The zero-order chi connectivity index (χ0) is 38.3. The van der Waals surface area contributed by atoms with E-state index < -0.39 is 60.5 Å². The highest BCUT2D eigenvalue weighted by Gasteiger charge is 2.44. The predicted molar refractivity (Wildman–Crippen MR) is 196 cm³/mol. The van der Waals surface area contributed by atoms with Crippen molar-refractivity contribution in [1.82, 2.24) is 5.32 Å². The van der Waals surface area contributed by atoms with Crippen LogP contribution in [-0.4, -0.2) is 93.3 Å². The van der Waals surface area contributed by atoms with Crippen LogP contribution in [-0.2, 0) is 31.9 Å². The molecule has 3 aromatic rings. The first-order valence-corrected chi connectivity index (χ1v) is 18.8. The SMILES string of the molecule is C[C@@H](O)[C@@H](O)[C@H](COC1OC(CNC(=O)Cc2ccc3ccccc3c2)C(O)C(O)C1O)CC(=O)CCCCCCCCCCc1ccc(F)c(F)c1. The largest absolute Gasteiger partial charge is 0.391 e. The fraction of sp³-hybridized carbons (Fsp3) is 0.561. The molecule has 1 amide bonds. The summed E-state index contributed by atoms with van der Waals surface area (Å²) in [6.07, 6.45) is -1.29. The molecule has 0 saturated carbocycles. The Morgan fingerprint density at radius 3 is 2.15 bits per heavy atom. The maximum absolute atomic E-state index is 13.3. The van der Waals surface area contributed by atoms with E-state index >= 15 is 0 Å². The van der Waals surface area contributed by atoms with E-state index in [0.29, 0.717) is 19.3 Å². The van der Waals surface area contributed by atoms with Gasteiger partial charge in [-0.1, -0.05) is 87.1 Å². The highest BCUT2D eigenvalue weighted by atomic mass is 19.2. The Hall–Kier alpha value is -3.36. The van der Waals surface area contributed by atoms with Gasteiger partial charge < -0.3 is 40.3 Å². The number of ketones is 1. The van der Waals surface area contributed by atoms with Gasteiger partial charge in [-0.3, -0.25) is 9.59 Å². The van der Waals surface area contributed by atoms with Gasteiger partial charge in [0.15, 0.2) is 17.9 Å². The van der Waals surface area contributed by atoms with Crippen molar-refractivity contribution in [2.45, 2.75) is 127 Å². The maximum Gasteiger partial charge on any atom is 0.224 e. The van der Waals surface area contributed by atoms with E-state index in [2.05, 4.69) is 5.32 Å². The minimum absolute atomic E-state index is 0.0771.